The standard InChI is InChI=1S/C11H12BF4O.K/c13-8-5-6-11(10(7-8)12(14,15)16)17-9-3-1-2-4-9;/h5-7,9H,1-4H2;/q-1;+1. The van der Waals surface area contributed by atoms with Crippen molar-refractivity contribution in [2.45, 2.75) is 31.8 Å². The first kappa shape index (κ1) is 16.5. The number of benzene rings is 1. The second-order valence-corrected chi connectivity index (χ2v) is 4.28. The fourth-order valence-electron chi connectivity index (χ4n) is 2.07. The minimum atomic E-state index is -5.24. The molecule has 1 nitrogen and oxygen atoms in total. The van der Waals surface area contributed by atoms with Crippen LogP contribution in [-0.4, -0.2) is 13.1 Å². The first-order valence-electron chi connectivity index (χ1n) is 5.63. The number of hydrogen-bond donors (Lipinski definition) is 0. The fourth-order valence-corrected chi connectivity index (χ4v) is 2.07. The van der Waals surface area contributed by atoms with E-state index in [1.54, 1.807) is 0 Å². The average Bonchev–Trinajstić information content (AvgIpc) is 2.72. The van der Waals surface area contributed by atoms with Crippen LogP contribution in [0.25, 0.3) is 0 Å². The second-order valence-electron chi connectivity index (χ2n) is 4.28. The van der Waals surface area contributed by atoms with Crippen molar-refractivity contribution in [1.29, 1.82) is 0 Å². The van der Waals surface area contributed by atoms with Crippen molar-refractivity contribution in [2.24, 2.45) is 0 Å². The van der Waals surface area contributed by atoms with E-state index in [4.69, 9.17) is 4.74 Å². The van der Waals surface area contributed by atoms with Crippen LogP contribution in [0.15, 0.2) is 18.2 Å². The summed E-state index contributed by atoms with van der Waals surface area (Å²) in [4.78, 5) is 0. The van der Waals surface area contributed by atoms with E-state index in [0.29, 0.717) is 6.07 Å². The Morgan fingerprint density at radius 2 is 1.72 bits per heavy atom. The summed E-state index contributed by atoms with van der Waals surface area (Å²) in [5, 5.41) is 0. The van der Waals surface area contributed by atoms with Gasteiger partial charge in [0.05, 0.1) is 11.9 Å². The number of hydrogen-bond acceptors (Lipinski definition) is 1. The van der Waals surface area contributed by atoms with E-state index in [-0.39, 0.29) is 63.2 Å². The quantitative estimate of drug-likeness (QED) is 0.570. The average molecular weight is 286 g/mol. The maximum Gasteiger partial charge on any atom is 1.00 e. The summed E-state index contributed by atoms with van der Waals surface area (Å²) in [6.07, 6.45) is 3.30. The van der Waals surface area contributed by atoms with Crippen molar-refractivity contribution in [2.75, 3.05) is 0 Å². The Bertz CT molecular complexity index is 405. The Hall–Kier alpha value is 0.441. The molecule has 2 rings (SSSR count). The van der Waals surface area contributed by atoms with Crippen molar-refractivity contribution in [3.8, 4) is 5.75 Å². The van der Waals surface area contributed by atoms with Gasteiger partial charge < -0.3 is 17.7 Å². The van der Waals surface area contributed by atoms with Gasteiger partial charge in [-0.25, -0.2) is 4.39 Å². The van der Waals surface area contributed by atoms with Crippen LogP contribution >= 0.6 is 0 Å². The minimum Gasteiger partial charge on any atom is -0.493 e. The van der Waals surface area contributed by atoms with Gasteiger partial charge in [-0.1, -0.05) is 5.46 Å². The van der Waals surface area contributed by atoms with Crippen molar-refractivity contribution in [3.05, 3.63) is 24.0 Å². The minimum absolute atomic E-state index is 0. The number of rotatable bonds is 3. The third-order valence-corrected chi connectivity index (χ3v) is 2.92. The Labute approximate surface area is 146 Å². The van der Waals surface area contributed by atoms with E-state index in [1.165, 1.54) is 0 Å². The molecule has 0 radical (unpaired) electrons. The molecule has 1 aromatic carbocycles. The number of ether oxygens (including phenoxy) is 1. The predicted octanol–water partition coefficient (Wildman–Crippen LogP) is 0.206. The molecular weight excluding hydrogens is 274 g/mol. The molecule has 0 amide bonds. The third kappa shape index (κ3) is 4.23. The molecule has 1 fully saturated rings. The maximum atomic E-state index is 12.8. The summed E-state index contributed by atoms with van der Waals surface area (Å²) < 4.78 is 56.3. The molecule has 1 aromatic rings. The van der Waals surface area contributed by atoms with Gasteiger partial charge in [0.1, 0.15) is 5.82 Å². The SMILES string of the molecule is Fc1ccc(OC2CCCC2)c([B-](F)(F)F)c1.[K+]. The molecule has 0 aromatic heterocycles. The van der Waals surface area contributed by atoms with E-state index < -0.39 is 18.3 Å². The molecule has 0 unspecified atom stereocenters. The normalized spacial score (nSPS) is 16.4. The van der Waals surface area contributed by atoms with Crippen LogP contribution in [-0.2, 0) is 0 Å². The molecule has 0 atom stereocenters. The van der Waals surface area contributed by atoms with E-state index in [2.05, 4.69) is 0 Å². The zero-order chi connectivity index (χ0) is 12.5. The number of halogens is 4. The maximum absolute atomic E-state index is 12.8. The van der Waals surface area contributed by atoms with E-state index in [9.17, 15) is 17.3 Å². The van der Waals surface area contributed by atoms with Crippen LogP contribution in [0.4, 0.5) is 17.3 Å². The van der Waals surface area contributed by atoms with Gasteiger partial charge in [-0.05, 0) is 43.9 Å². The summed E-state index contributed by atoms with van der Waals surface area (Å²) in [6, 6.07) is 2.57. The first-order valence-corrected chi connectivity index (χ1v) is 5.63. The topological polar surface area (TPSA) is 9.23 Å². The molecule has 0 heterocycles. The van der Waals surface area contributed by atoms with Gasteiger partial charge in [-0.15, -0.1) is 0 Å². The van der Waals surface area contributed by atoms with Crippen LogP contribution in [0.1, 0.15) is 25.7 Å². The molecule has 94 valence electrons. The van der Waals surface area contributed by atoms with Crippen molar-refractivity contribution in [3.63, 3.8) is 0 Å². The van der Waals surface area contributed by atoms with E-state index in [0.717, 1.165) is 37.8 Å². The summed E-state index contributed by atoms with van der Waals surface area (Å²) in [5.41, 5.74) is -0.975. The van der Waals surface area contributed by atoms with Gasteiger partial charge in [0.2, 0.25) is 0 Å². The molecule has 0 saturated heterocycles. The smallest absolute Gasteiger partial charge is 0.493 e. The van der Waals surface area contributed by atoms with Gasteiger partial charge >= 0.3 is 58.4 Å². The van der Waals surface area contributed by atoms with Crippen LogP contribution in [0.3, 0.4) is 0 Å². The summed E-state index contributed by atoms with van der Waals surface area (Å²) in [5.74, 6) is -1.14. The Balaban J connectivity index is 0.00000162. The van der Waals surface area contributed by atoms with Gasteiger partial charge in [-0.3, -0.25) is 0 Å². The summed E-state index contributed by atoms with van der Waals surface area (Å²) in [6.45, 7) is -5.24. The van der Waals surface area contributed by atoms with Gasteiger partial charge in [0, 0.05) is 0 Å². The van der Waals surface area contributed by atoms with Gasteiger partial charge in [0.25, 0.3) is 0 Å². The summed E-state index contributed by atoms with van der Waals surface area (Å²) >= 11 is 0. The molecule has 18 heavy (non-hydrogen) atoms. The Morgan fingerprint density at radius 3 is 2.28 bits per heavy atom. The van der Waals surface area contributed by atoms with Crippen molar-refractivity contribution >= 4 is 12.4 Å². The zero-order valence-electron chi connectivity index (χ0n) is 10.1. The Kier molecular flexibility index (Phi) is 6.18. The molecule has 1 aliphatic rings. The van der Waals surface area contributed by atoms with Crippen molar-refractivity contribution in [1.82, 2.24) is 0 Å². The van der Waals surface area contributed by atoms with Crippen molar-refractivity contribution < 1.29 is 73.5 Å². The monoisotopic (exact) mass is 286 g/mol. The van der Waals surface area contributed by atoms with Crippen LogP contribution in [0.5, 0.6) is 5.75 Å². The zero-order valence-corrected chi connectivity index (χ0v) is 13.3. The van der Waals surface area contributed by atoms with Crippen LogP contribution < -0.4 is 61.6 Å². The molecule has 1 aliphatic carbocycles. The largest absolute Gasteiger partial charge is 1.00 e. The van der Waals surface area contributed by atoms with Crippen LogP contribution in [0, 0.1) is 5.82 Å². The van der Waals surface area contributed by atoms with Crippen LogP contribution in [0.2, 0.25) is 0 Å². The second kappa shape index (κ2) is 6.74. The fraction of sp³-hybridized carbons (Fsp3) is 0.455. The van der Waals surface area contributed by atoms with E-state index in [1.807, 2.05) is 0 Å². The molecule has 0 bridgehead atoms. The van der Waals surface area contributed by atoms with Gasteiger partial charge in [-0.2, -0.15) is 0 Å². The molecule has 0 spiro atoms. The predicted molar refractivity (Wildman–Crippen MR) is 58.0 cm³/mol. The Morgan fingerprint density at radius 1 is 1.11 bits per heavy atom. The molecule has 0 N–H and O–H groups in total. The molecular formula is C11H12BF4KO. The summed E-state index contributed by atoms with van der Waals surface area (Å²) in [7, 11) is 0. The first-order chi connectivity index (χ1) is 7.97. The third-order valence-electron chi connectivity index (χ3n) is 2.92. The van der Waals surface area contributed by atoms with Gasteiger partial charge in [0.15, 0.2) is 0 Å². The molecule has 0 aliphatic heterocycles. The molecule has 7 heteroatoms. The molecule has 1 saturated carbocycles. The van der Waals surface area contributed by atoms with E-state index >= 15 is 0 Å².